The van der Waals surface area contributed by atoms with E-state index in [1.54, 1.807) is 38.6 Å². The third-order valence-electron chi connectivity index (χ3n) is 18.7. The van der Waals surface area contributed by atoms with Crippen molar-refractivity contribution in [1.29, 1.82) is 0 Å². The summed E-state index contributed by atoms with van der Waals surface area (Å²) in [6.45, 7) is 11.0. The predicted molar refractivity (Wildman–Crippen MR) is 391 cm³/mol. The minimum Gasteiger partial charge on any atom is -0.540 e. The molecule has 0 spiro atoms. The second-order valence-electron chi connectivity index (χ2n) is 25.0. The maximum atomic E-state index is 13.3. The molecule has 104 heavy (non-hydrogen) atoms. The second kappa shape index (κ2) is 38.5. The number of pyridine rings is 6. The van der Waals surface area contributed by atoms with Crippen molar-refractivity contribution in [1.82, 2.24) is 29.9 Å². The Morgan fingerprint density at radius 2 is 0.885 bits per heavy atom. The molecule has 3 aliphatic carbocycles. The minimum absolute atomic E-state index is 0. The Kier molecular flexibility index (Phi) is 30.9. The number of fused-ring (bicyclic) bond motifs is 10. The van der Waals surface area contributed by atoms with Crippen LogP contribution in [0.5, 0.6) is 5.75 Å². The molecule has 0 N–H and O–H groups in total. The number of methoxy groups -OCH3 is 1. The van der Waals surface area contributed by atoms with Crippen LogP contribution in [-0.2, 0) is 151 Å². The molecule has 0 atom stereocenters. The summed E-state index contributed by atoms with van der Waals surface area (Å²) < 4.78 is 31.0. The Balaban J connectivity index is 0.000000173. The van der Waals surface area contributed by atoms with Gasteiger partial charge in [0.1, 0.15) is 0 Å². The maximum absolute atomic E-state index is 13.3. The van der Waals surface area contributed by atoms with Gasteiger partial charge >= 0.3 is 0 Å². The fourth-order valence-electron chi connectivity index (χ4n) is 12.8. The molecule has 534 valence electrons. The van der Waals surface area contributed by atoms with E-state index in [4.69, 9.17) is 4.74 Å². The van der Waals surface area contributed by atoms with E-state index in [-0.39, 0.29) is 143 Å². The van der Waals surface area contributed by atoms with Crippen molar-refractivity contribution in [2.75, 3.05) is 7.11 Å². The standard InChI is InChI=1S/C17H18N.C16H11FN.C16H12NO.C16H10N.C13H10N.C11H7FN.6Ir/c1-16(2)13-9-6-5-8-12(13)15-14(17(16,3)4)10-7-11-18-15;1-11-10-13(6-7-15(11)17)16-14-5-3-2-4-12(14)8-9-18-16;1-18-14-8-6-13(7-9-14)16-15-5-3-2-4-12(15)10-11-17-16;1-2-7-14-12(4-1)10-13-6-3-5-11-8-9-17-16(14)15(11)13;1-2-6-12-10(4-1)7-8-11-5-3-9-14-13(11)12;12-10-6-4-9(5-7-10)11-3-1-2-8-13-11;;;;;;/h5-7,9-11H,1-4H3;2-5,7-10H,1H3;2-6,8-11H,1H3;1-6,8-9H,10H2;1-5,9H,7-8H2;1-4,6-8H;;;;;;/q6*-1;;;;;;. The number of aromatic nitrogens is 6. The van der Waals surface area contributed by atoms with Gasteiger partial charge < -0.3 is 34.6 Å². The second-order valence-corrected chi connectivity index (χ2v) is 25.0. The Hall–Kier alpha value is -7.78. The molecule has 0 bridgehead atoms. The third-order valence-corrected chi connectivity index (χ3v) is 18.7. The van der Waals surface area contributed by atoms with Crippen molar-refractivity contribution < 1.29 is 134 Å². The third kappa shape index (κ3) is 18.5. The van der Waals surface area contributed by atoms with Gasteiger partial charge in [-0.15, -0.1) is 190 Å². The quantitative estimate of drug-likeness (QED) is 0.162. The summed E-state index contributed by atoms with van der Waals surface area (Å²) in [6, 6.07) is 93.6. The van der Waals surface area contributed by atoms with E-state index in [1.807, 2.05) is 152 Å². The van der Waals surface area contributed by atoms with Gasteiger partial charge in [-0.25, -0.2) is 0 Å². The number of halogens is 2. The van der Waals surface area contributed by atoms with Crippen LogP contribution in [0.3, 0.4) is 0 Å². The molecule has 6 radical (unpaired) electrons. The average molecular weight is 2430 g/mol. The zero-order chi connectivity index (χ0) is 67.6. The first-order valence-electron chi connectivity index (χ1n) is 32.6. The van der Waals surface area contributed by atoms with Gasteiger partial charge in [-0.1, -0.05) is 154 Å². The summed E-state index contributed by atoms with van der Waals surface area (Å²) in [7, 11) is 1.65. The Labute approximate surface area is 689 Å². The first-order chi connectivity index (χ1) is 47.8. The normalized spacial score (nSPS) is 12.0. The number of aryl methyl sites for hydroxylation is 3. The molecule has 7 nitrogen and oxygen atoms in total. The minimum atomic E-state index is -0.278. The van der Waals surface area contributed by atoms with Crippen LogP contribution in [0.4, 0.5) is 8.78 Å². The smallest absolute Gasteiger partial charge is 0.0647 e. The Bertz CT molecular complexity index is 5200. The van der Waals surface area contributed by atoms with Crippen molar-refractivity contribution in [3.63, 3.8) is 0 Å². The number of hydrogen-bond acceptors (Lipinski definition) is 7. The molecule has 0 unspecified atom stereocenters. The molecule has 0 fully saturated rings. The molecule has 0 amide bonds. The predicted octanol–water partition coefficient (Wildman–Crippen LogP) is 20.9. The molecule has 15 aromatic rings. The van der Waals surface area contributed by atoms with Gasteiger partial charge in [0.25, 0.3) is 0 Å². The van der Waals surface area contributed by atoms with Gasteiger partial charge in [0, 0.05) is 175 Å². The summed E-state index contributed by atoms with van der Waals surface area (Å²) >= 11 is 0. The van der Waals surface area contributed by atoms with Gasteiger partial charge in [0.15, 0.2) is 0 Å². The van der Waals surface area contributed by atoms with E-state index in [2.05, 4.69) is 167 Å². The first kappa shape index (κ1) is 83.5. The molecule has 0 saturated carbocycles. The van der Waals surface area contributed by atoms with Crippen molar-refractivity contribution in [3.8, 4) is 73.3 Å². The number of benzene rings is 9. The fourth-order valence-corrected chi connectivity index (χ4v) is 12.8. The number of nitrogens with zero attached hydrogens (tertiary/aromatic N) is 6. The van der Waals surface area contributed by atoms with Crippen LogP contribution in [0.15, 0.2) is 268 Å². The van der Waals surface area contributed by atoms with E-state index in [9.17, 15) is 8.78 Å². The van der Waals surface area contributed by atoms with Crippen LogP contribution in [0, 0.1) is 55.0 Å². The first-order valence-corrected chi connectivity index (χ1v) is 32.6. The molecule has 3 aliphatic rings. The van der Waals surface area contributed by atoms with Crippen LogP contribution in [-0.4, -0.2) is 37.0 Å². The topological polar surface area (TPSA) is 86.6 Å². The van der Waals surface area contributed by atoms with Gasteiger partial charge in [-0.05, 0) is 127 Å². The van der Waals surface area contributed by atoms with Crippen molar-refractivity contribution in [2.45, 2.75) is 64.7 Å². The Morgan fingerprint density at radius 1 is 0.375 bits per heavy atom. The summed E-state index contributed by atoms with van der Waals surface area (Å²) in [5.41, 5.74) is 20.9. The summed E-state index contributed by atoms with van der Waals surface area (Å²) in [4.78, 5) is 26.5. The molecule has 6 heterocycles. The van der Waals surface area contributed by atoms with Crippen LogP contribution in [0.2, 0.25) is 0 Å². The van der Waals surface area contributed by atoms with Crippen LogP contribution in [0.1, 0.15) is 66.6 Å². The molecule has 15 heteroatoms. The molecule has 18 rings (SSSR count). The summed E-state index contributed by atoms with van der Waals surface area (Å²) in [5, 5.41) is 7.08. The monoisotopic (exact) mass is 2430 g/mol. The summed E-state index contributed by atoms with van der Waals surface area (Å²) in [6.07, 6.45) is 14.1. The van der Waals surface area contributed by atoms with E-state index in [0.717, 1.165) is 103 Å². The van der Waals surface area contributed by atoms with E-state index in [0.29, 0.717) is 5.56 Å². The fraction of sp³-hybridized carbons (Fsp3) is 0.124. The van der Waals surface area contributed by atoms with Crippen LogP contribution < -0.4 is 4.74 Å². The van der Waals surface area contributed by atoms with Crippen LogP contribution >= 0.6 is 0 Å². The van der Waals surface area contributed by atoms with Crippen molar-refractivity contribution >= 4 is 32.3 Å². The largest absolute Gasteiger partial charge is 0.540 e. The van der Waals surface area contributed by atoms with E-state index >= 15 is 0 Å². The summed E-state index contributed by atoms with van der Waals surface area (Å²) in [5.74, 6) is 0.289. The SMILES string of the molecule is CC1(C)c2ccc[c-]c2-c2ncccc2C1(C)C.COc1c[c-]c(-c2nccc3ccccc23)cc1.Cc1cc(-c2nccc3ccccc23)[c-]cc1F.Fc1c[c-]c(-c2ccccn2)cc1.[Ir].[Ir].[Ir].[Ir].[Ir].[Ir].[c-]1cccc2c1-c1nccc3cccc(c13)C2.[c-]1cccc2c1-c1ncccc1CC2. The van der Waals surface area contributed by atoms with Crippen LogP contribution in [0.25, 0.3) is 99.9 Å². The number of hydrogen-bond donors (Lipinski definition) is 0. The molecule has 0 saturated heterocycles. The van der Waals surface area contributed by atoms with Gasteiger partial charge in [-0.3, -0.25) is 8.78 Å². The number of ether oxygens (including phenoxy) is 1. The number of rotatable bonds is 4. The molecular formula is C89H68F2Ir6N6O-6. The van der Waals surface area contributed by atoms with E-state index < -0.39 is 0 Å². The maximum Gasteiger partial charge on any atom is 0.0647 e. The van der Waals surface area contributed by atoms with Crippen molar-refractivity contribution in [2.24, 2.45) is 0 Å². The van der Waals surface area contributed by atoms with Gasteiger partial charge in [-0.2, -0.15) is 0 Å². The average Bonchev–Trinajstić information content (AvgIpc) is 0.720. The molecular weight excluding hydrogens is 2360 g/mol. The van der Waals surface area contributed by atoms with E-state index in [1.165, 1.54) is 73.3 Å². The van der Waals surface area contributed by atoms with Gasteiger partial charge in [0.2, 0.25) is 0 Å². The van der Waals surface area contributed by atoms with Crippen molar-refractivity contribution in [3.05, 3.63) is 355 Å². The zero-order valence-corrected chi connectivity index (χ0v) is 71.7. The van der Waals surface area contributed by atoms with Gasteiger partial charge in [0.05, 0.1) is 7.11 Å². The molecule has 0 aliphatic heterocycles. The zero-order valence-electron chi connectivity index (χ0n) is 57.4. The molecule has 6 aromatic heterocycles. The Morgan fingerprint density at radius 3 is 1.53 bits per heavy atom. The molecule has 9 aromatic carbocycles.